The molecule has 0 amide bonds. The summed E-state index contributed by atoms with van der Waals surface area (Å²) in [7, 11) is 0. The molecule has 1 fully saturated rings. The van der Waals surface area contributed by atoms with Crippen molar-refractivity contribution in [3.8, 4) is 0 Å². The summed E-state index contributed by atoms with van der Waals surface area (Å²) in [4.78, 5) is 6.86. The van der Waals surface area contributed by atoms with Gasteiger partial charge in [-0.3, -0.25) is 4.90 Å². The lowest BCUT2D eigenvalue weighted by Crippen LogP contribution is -2.42. The zero-order valence-corrected chi connectivity index (χ0v) is 11.4. The van der Waals surface area contributed by atoms with Crippen LogP contribution in [0.4, 0.5) is 0 Å². The fraction of sp³-hybridized carbons (Fsp3) is 0.769. The molecule has 0 spiro atoms. The van der Waals surface area contributed by atoms with Gasteiger partial charge in [-0.25, -0.2) is 4.98 Å². The number of hydrogen-bond acceptors (Lipinski definition) is 2. The summed E-state index contributed by atoms with van der Waals surface area (Å²) >= 11 is 5.79. The van der Waals surface area contributed by atoms with E-state index in [0.29, 0.717) is 0 Å². The number of rotatable bonds is 7. The predicted molar refractivity (Wildman–Crippen MR) is 71.5 cm³/mol. The number of halogens is 1. The molecule has 0 radical (unpaired) electrons. The molecular weight excluding hydrogens is 234 g/mol. The first-order valence-corrected chi connectivity index (χ1v) is 7.12. The van der Waals surface area contributed by atoms with Gasteiger partial charge in [0.05, 0.1) is 0 Å². The second-order valence-corrected chi connectivity index (χ2v) is 5.21. The standard InChI is InChI=1S/C13H22ClN3/c1-12-15-7-9-16(12)10-11-17(8-3-6-14)13-4-2-5-13/h7,9,13H,2-6,8,10-11H2,1H3. The minimum atomic E-state index is 0.771. The molecule has 0 aliphatic heterocycles. The second kappa shape index (κ2) is 6.41. The van der Waals surface area contributed by atoms with Crippen molar-refractivity contribution < 1.29 is 0 Å². The summed E-state index contributed by atoms with van der Waals surface area (Å²) in [5.74, 6) is 1.88. The number of alkyl halides is 1. The van der Waals surface area contributed by atoms with E-state index in [1.54, 1.807) is 0 Å². The highest BCUT2D eigenvalue weighted by atomic mass is 35.5. The Morgan fingerprint density at radius 1 is 1.47 bits per heavy atom. The maximum absolute atomic E-state index is 5.79. The lowest BCUT2D eigenvalue weighted by Gasteiger charge is -2.37. The van der Waals surface area contributed by atoms with Crippen LogP contribution >= 0.6 is 11.6 Å². The summed E-state index contributed by atoms with van der Waals surface area (Å²) in [5.41, 5.74) is 0. The maximum atomic E-state index is 5.79. The lowest BCUT2D eigenvalue weighted by molar-refractivity contribution is 0.123. The summed E-state index contributed by atoms with van der Waals surface area (Å²) < 4.78 is 2.23. The average Bonchev–Trinajstić information content (AvgIpc) is 2.65. The zero-order valence-electron chi connectivity index (χ0n) is 10.6. The second-order valence-electron chi connectivity index (χ2n) is 4.83. The van der Waals surface area contributed by atoms with Crippen LogP contribution in [0.15, 0.2) is 12.4 Å². The van der Waals surface area contributed by atoms with Crippen molar-refractivity contribution in [2.45, 2.75) is 45.2 Å². The summed E-state index contributed by atoms with van der Waals surface area (Å²) in [5, 5.41) is 0. The van der Waals surface area contributed by atoms with Gasteiger partial charge in [-0.2, -0.15) is 0 Å². The minimum Gasteiger partial charge on any atom is -0.334 e. The summed E-state index contributed by atoms with van der Waals surface area (Å²) in [6, 6.07) is 0.807. The third kappa shape index (κ3) is 3.46. The van der Waals surface area contributed by atoms with Crippen molar-refractivity contribution in [1.82, 2.24) is 14.5 Å². The molecule has 17 heavy (non-hydrogen) atoms. The third-order valence-corrected chi connectivity index (χ3v) is 3.99. The Hall–Kier alpha value is -0.540. The largest absolute Gasteiger partial charge is 0.334 e. The van der Waals surface area contributed by atoms with Crippen LogP contribution in [0.5, 0.6) is 0 Å². The molecule has 0 bridgehead atoms. The average molecular weight is 256 g/mol. The molecular formula is C13H22ClN3. The molecule has 1 aliphatic rings. The molecule has 1 aromatic heterocycles. The number of nitrogens with zero attached hydrogens (tertiary/aromatic N) is 3. The van der Waals surface area contributed by atoms with E-state index < -0.39 is 0 Å². The number of aromatic nitrogens is 2. The van der Waals surface area contributed by atoms with E-state index in [-0.39, 0.29) is 0 Å². The van der Waals surface area contributed by atoms with E-state index in [9.17, 15) is 0 Å². The Bertz CT molecular complexity index is 333. The SMILES string of the molecule is Cc1nccn1CCN(CCCCl)C1CCC1. The molecule has 3 nitrogen and oxygen atoms in total. The number of hydrogen-bond donors (Lipinski definition) is 0. The Kier molecular flexibility index (Phi) is 4.86. The molecule has 0 unspecified atom stereocenters. The van der Waals surface area contributed by atoms with E-state index in [0.717, 1.165) is 43.8 Å². The highest BCUT2D eigenvalue weighted by molar-refractivity contribution is 6.17. The molecule has 4 heteroatoms. The highest BCUT2D eigenvalue weighted by Gasteiger charge is 2.24. The van der Waals surface area contributed by atoms with Crippen molar-refractivity contribution in [3.05, 3.63) is 18.2 Å². The summed E-state index contributed by atoms with van der Waals surface area (Å²) in [6.07, 6.45) is 9.17. The van der Waals surface area contributed by atoms with Crippen molar-refractivity contribution >= 4 is 11.6 Å². The van der Waals surface area contributed by atoms with E-state index >= 15 is 0 Å². The van der Waals surface area contributed by atoms with Crippen molar-refractivity contribution in [2.24, 2.45) is 0 Å². The highest BCUT2D eigenvalue weighted by Crippen LogP contribution is 2.24. The van der Waals surface area contributed by atoms with Crippen LogP contribution in [0.2, 0.25) is 0 Å². The molecule has 1 aromatic rings. The minimum absolute atomic E-state index is 0.771. The molecule has 1 heterocycles. The maximum Gasteiger partial charge on any atom is 0.105 e. The van der Waals surface area contributed by atoms with Crippen LogP contribution in [0.25, 0.3) is 0 Å². The van der Waals surface area contributed by atoms with Gasteiger partial charge in [0.1, 0.15) is 5.82 Å². The van der Waals surface area contributed by atoms with Crippen LogP contribution < -0.4 is 0 Å². The van der Waals surface area contributed by atoms with Crippen molar-refractivity contribution in [1.29, 1.82) is 0 Å². The smallest absolute Gasteiger partial charge is 0.105 e. The first-order chi connectivity index (χ1) is 8.31. The zero-order chi connectivity index (χ0) is 12.1. The molecule has 96 valence electrons. The van der Waals surface area contributed by atoms with Gasteiger partial charge in [0.15, 0.2) is 0 Å². The van der Waals surface area contributed by atoms with E-state index in [1.807, 2.05) is 6.20 Å². The van der Waals surface area contributed by atoms with E-state index in [1.165, 1.54) is 19.3 Å². The molecule has 0 N–H and O–H groups in total. The Labute approximate surface area is 109 Å². The van der Waals surface area contributed by atoms with Gasteiger partial charge >= 0.3 is 0 Å². The van der Waals surface area contributed by atoms with Gasteiger partial charge in [-0.1, -0.05) is 6.42 Å². The Morgan fingerprint density at radius 2 is 2.29 bits per heavy atom. The summed E-state index contributed by atoms with van der Waals surface area (Å²) in [6.45, 7) is 5.37. The molecule has 1 aliphatic carbocycles. The topological polar surface area (TPSA) is 21.1 Å². The monoisotopic (exact) mass is 255 g/mol. The van der Waals surface area contributed by atoms with Gasteiger partial charge in [0, 0.05) is 37.4 Å². The fourth-order valence-corrected chi connectivity index (χ4v) is 2.49. The lowest BCUT2D eigenvalue weighted by atomic mass is 9.91. The van der Waals surface area contributed by atoms with E-state index in [4.69, 9.17) is 11.6 Å². The number of aryl methyl sites for hydroxylation is 1. The Balaban J connectivity index is 1.82. The molecule has 1 saturated carbocycles. The van der Waals surface area contributed by atoms with Crippen LogP contribution in [-0.4, -0.2) is 39.5 Å². The van der Waals surface area contributed by atoms with E-state index in [2.05, 4.69) is 27.6 Å². The third-order valence-electron chi connectivity index (χ3n) is 3.72. The molecule has 2 rings (SSSR count). The van der Waals surface area contributed by atoms with Crippen LogP contribution in [0.1, 0.15) is 31.5 Å². The van der Waals surface area contributed by atoms with Gasteiger partial charge in [-0.05, 0) is 32.7 Å². The van der Waals surface area contributed by atoms with Gasteiger partial charge in [0.2, 0.25) is 0 Å². The quantitative estimate of drug-likeness (QED) is 0.699. The first kappa shape index (κ1) is 12.9. The van der Waals surface area contributed by atoms with Crippen molar-refractivity contribution in [3.63, 3.8) is 0 Å². The fourth-order valence-electron chi connectivity index (χ4n) is 2.37. The van der Waals surface area contributed by atoms with Gasteiger partial charge in [-0.15, -0.1) is 11.6 Å². The molecule has 0 saturated heterocycles. The molecule has 0 aromatic carbocycles. The number of imidazole rings is 1. The van der Waals surface area contributed by atoms with Crippen LogP contribution in [0.3, 0.4) is 0 Å². The molecule has 0 atom stereocenters. The normalized spacial score (nSPS) is 16.4. The van der Waals surface area contributed by atoms with Crippen molar-refractivity contribution in [2.75, 3.05) is 19.0 Å². The van der Waals surface area contributed by atoms with Crippen LogP contribution in [-0.2, 0) is 6.54 Å². The predicted octanol–water partition coefficient (Wildman–Crippen LogP) is 2.67. The Morgan fingerprint density at radius 3 is 2.82 bits per heavy atom. The van der Waals surface area contributed by atoms with Crippen LogP contribution in [0, 0.1) is 6.92 Å². The van der Waals surface area contributed by atoms with Gasteiger partial charge < -0.3 is 4.57 Å². The first-order valence-electron chi connectivity index (χ1n) is 6.59. The van der Waals surface area contributed by atoms with Gasteiger partial charge in [0.25, 0.3) is 0 Å².